The van der Waals surface area contributed by atoms with Gasteiger partial charge in [-0.15, -0.1) is 23.7 Å². The first-order valence-electron chi connectivity index (χ1n) is 7.91. The topological polar surface area (TPSA) is 74.4 Å². The Kier molecular flexibility index (Phi) is 4.47. The number of rotatable bonds is 2. The lowest BCUT2D eigenvalue weighted by Gasteiger charge is -2.01. The smallest absolute Gasteiger partial charge is 0.269 e. The molecular formula is C19H12Cl2N4OS. The zero-order chi connectivity index (χ0) is 17.7. The van der Waals surface area contributed by atoms with E-state index >= 15 is 0 Å². The largest absolute Gasteiger partial charge is 0.345 e. The molecule has 0 aliphatic heterocycles. The standard InChI is InChI=1S/C19H11ClN4OS.ClH/c20-12-4-1-10(2-5-12)16-8-15-17(26-16)19(25)24-18(23-15)11-3-6-13-14(7-11)22-9-21-13;/h1-9H,(H,21,22)(H,23,24,25);1H. The van der Waals surface area contributed by atoms with E-state index in [0.29, 0.717) is 21.1 Å². The maximum Gasteiger partial charge on any atom is 0.269 e. The molecule has 0 aliphatic rings. The van der Waals surface area contributed by atoms with Gasteiger partial charge >= 0.3 is 0 Å². The third-order valence-electron chi connectivity index (χ3n) is 4.21. The van der Waals surface area contributed by atoms with Crippen LogP contribution in [0, 0.1) is 0 Å². The van der Waals surface area contributed by atoms with Crippen LogP contribution in [0.5, 0.6) is 0 Å². The molecule has 0 fully saturated rings. The minimum Gasteiger partial charge on any atom is -0.345 e. The molecule has 0 saturated carbocycles. The van der Waals surface area contributed by atoms with Crippen LogP contribution in [-0.4, -0.2) is 19.9 Å². The summed E-state index contributed by atoms with van der Waals surface area (Å²) in [4.78, 5) is 28.4. The van der Waals surface area contributed by atoms with E-state index in [9.17, 15) is 4.79 Å². The van der Waals surface area contributed by atoms with Gasteiger partial charge in [-0.25, -0.2) is 9.97 Å². The number of hydrogen-bond acceptors (Lipinski definition) is 4. The Bertz CT molecular complexity index is 1320. The van der Waals surface area contributed by atoms with Crippen molar-refractivity contribution in [1.29, 1.82) is 0 Å². The van der Waals surface area contributed by atoms with E-state index in [1.807, 2.05) is 48.5 Å². The van der Waals surface area contributed by atoms with Gasteiger partial charge in [0.05, 0.1) is 22.9 Å². The Morgan fingerprint density at radius 3 is 2.56 bits per heavy atom. The van der Waals surface area contributed by atoms with E-state index in [2.05, 4.69) is 19.9 Å². The maximum absolute atomic E-state index is 12.6. The highest BCUT2D eigenvalue weighted by molar-refractivity contribution is 7.22. The second-order valence-corrected chi connectivity index (χ2v) is 7.37. The molecule has 0 saturated heterocycles. The molecule has 134 valence electrons. The summed E-state index contributed by atoms with van der Waals surface area (Å²) >= 11 is 7.38. The molecule has 3 aromatic heterocycles. The lowest BCUT2D eigenvalue weighted by molar-refractivity contribution is 1.19. The van der Waals surface area contributed by atoms with E-state index in [0.717, 1.165) is 27.0 Å². The third-order valence-corrected chi connectivity index (χ3v) is 5.63. The molecule has 0 amide bonds. The maximum atomic E-state index is 12.6. The van der Waals surface area contributed by atoms with E-state index in [4.69, 9.17) is 11.6 Å². The highest BCUT2D eigenvalue weighted by Gasteiger charge is 2.12. The van der Waals surface area contributed by atoms with Gasteiger partial charge in [-0.05, 0) is 42.0 Å². The van der Waals surface area contributed by atoms with Crippen LogP contribution >= 0.6 is 35.3 Å². The number of hydrogen-bond donors (Lipinski definition) is 2. The van der Waals surface area contributed by atoms with Crippen LogP contribution < -0.4 is 5.56 Å². The van der Waals surface area contributed by atoms with Crippen LogP contribution in [0.4, 0.5) is 0 Å². The van der Waals surface area contributed by atoms with Gasteiger partial charge < -0.3 is 9.97 Å². The van der Waals surface area contributed by atoms with Crippen LogP contribution in [0.1, 0.15) is 0 Å². The molecule has 2 aromatic carbocycles. The van der Waals surface area contributed by atoms with E-state index in [-0.39, 0.29) is 18.0 Å². The van der Waals surface area contributed by atoms with Crippen LogP contribution in [0.25, 0.3) is 43.1 Å². The molecule has 27 heavy (non-hydrogen) atoms. The minimum absolute atomic E-state index is 0. The molecular weight excluding hydrogens is 403 g/mol. The summed E-state index contributed by atoms with van der Waals surface area (Å²) in [5, 5.41) is 0.682. The van der Waals surface area contributed by atoms with Gasteiger partial charge in [0, 0.05) is 15.5 Å². The third kappa shape index (κ3) is 3.12. The van der Waals surface area contributed by atoms with Crippen molar-refractivity contribution in [2.45, 2.75) is 0 Å². The number of thiophene rings is 1. The van der Waals surface area contributed by atoms with Crippen molar-refractivity contribution < 1.29 is 0 Å². The van der Waals surface area contributed by atoms with Crippen molar-refractivity contribution >= 4 is 56.6 Å². The summed E-state index contributed by atoms with van der Waals surface area (Å²) in [5.74, 6) is 0.535. The van der Waals surface area contributed by atoms with Crippen LogP contribution in [0.15, 0.2) is 59.7 Å². The molecule has 0 aliphatic carbocycles. The second-order valence-electron chi connectivity index (χ2n) is 5.88. The van der Waals surface area contributed by atoms with Gasteiger partial charge in [-0.2, -0.15) is 0 Å². The zero-order valence-electron chi connectivity index (χ0n) is 13.7. The molecule has 8 heteroatoms. The fourth-order valence-corrected chi connectivity index (χ4v) is 4.04. The Hall–Kier alpha value is -2.67. The van der Waals surface area contributed by atoms with Crippen LogP contribution in [-0.2, 0) is 0 Å². The molecule has 5 rings (SSSR count). The molecule has 0 bridgehead atoms. The fourth-order valence-electron chi connectivity index (χ4n) is 2.91. The number of aromatic amines is 2. The first kappa shape index (κ1) is 17.7. The highest BCUT2D eigenvalue weighted by atomic mass is 35.5. The number of imidazole rings is 1. The minimum atomic E-state index is -0.141. The van der Waals surface area contributed by atoms with Gasteiger partial charge in [0.2, 0.25) is 0 Å². The van der Waals surface area contributed by atoms with Crippen LogP contribution in [0.2, 0.25) is 5.02 Å². The molecule has 0 spiro atoms. The van der Waals surface area contributed by atoms with Crippen LogP contribution in [0.3, 0.4) is 0 Å². The van der Waals surface area contributed by atoms with Crippen molar-refractivity contribution in [1.82, 2.24) is 19.9 Å². The second kappa shape index (κ2) is 6.81. The van der Waals surface area contributed by atoms with E-state index < -0.39 is 0 Å². The van der Waals surface area contributed by atoms with Crippen molar-refractivity contribution in [3.63, 3.8) is 0 Å². The predicted molar refractivity (Wildman–Crippen MR) is 113 cm³/mol. The SMILES string of the molecule is Cl.O=c1[nH]c(-c2ccc3[nH]cnc3c2)nc2cc(-c3ccc(Cl)cc3)sc12. The Labute approximate surface area is 168 Å². The van der Waals surface area contributed by atoms with Crippen molar-refractivity contribution in [2.75, 3.05) is 0 Å². The first-order chi connectivity index (χ1) is 12.7. The Balaban J connectivity index is 0.00000180. The van der Waals surface area contributed by atoms with Gasteiger partial charge in [-0.3, -0.25) is 4.79 Å². The molecule has 5 aromatic rings. The number of nitrogens with one attached hydrogen (secondary N) is 2. The fraction of sp³-hybridized carbons (Fsp3) is 0. The molecule has 0 atom stereocenters. The van der Waals surface area contributed by atoms with E-state index in [1.165, 1.54) is 11.3 Å². The molecule has 0 unspecified atom stereocenters. The number of nitrogens with zero attached hydrogens (tertiary/aromatic N) is 2. The average Bonchev–Trinajstić information content (AvgIpc) is 3.28. The number of benzene rings is 2. The Morgan fingerprint density at radius 1 is 0.963 bits per heavy atom. The van der Waals surface area contributed by atoms with Crippen molar-refractivity contribution in [3.8, 4) is 21.8 Å². The number of aromatic nitrogens is 4. The Morgan fingerprint density at radius 2 is 1.74 bits per heavy atom. The van der Waals surface area contributed by atoms with Gasteiger partial charge in [-0.1, -0.05) is 23.7 Å². The quantitative estimate of drug-likeness (QED) is 0.413. The zero-order valence-corrected chi connectivity index (χ0v) is 16.1. The molecule has 0 radical (unpaired) electrons. The summed E-state index contributed by atoms with van der Waals surface area (Å²) in [6.07, 6.45) is 1.64. The van der Waals surface area contributed by atoms with Gasteiger partial charge in [0.1, 0.15) is 10.5 Å². The predicted octanol–water partition coefficient (Wildman–Crippen LogP) is 5.27. The monoisotopic (exact) mass is 414 g/mol. The molecule has 2 N–H and O–H groups in total. The van der Waals surface area contributed by atoms with E-state index in [1.54, 1.807) is 6.33 Å². The molecule has 5 nitrogen and oxygen atoms in total. The lowest BCUT2D eigenvalue weighted by atomic mass is 10.2. The molecule has 3 heterocycles. The summed E-state index contributed by atoms with van der Waals surface area (Å²) in [5.41, 5.74) is 4.15. The van der Waals surface area contributed by atoms with Crippen molar-refractivity contribution in [3.05, 3.63) is 70.2 Å². The highest BCUT2D eigenvalue weighted by Crippen LogP contribution is 2.32. The number of fused-ring (bicyclic) bond motifs is 2. The average molecular weight is 415 g/mol. The van der Waals surface area contributed by atoms with Gasteiger partial charge in [0.25, 0.3) is 5.56 Å². The summed E-state index contributed by atoms with van der Waals surface area (Å²) in [6, 6.07) is 15.2. The number of halogens is 2. The van der Waals surface area contributed by atoms with Gasteiger partial charge in [0.15, 0.2) is 0 Å². The summed E-state index contributed by atoms with van der Waals surface area (Å²) in [6.45, 7) is 0. The number of H-pyrrole nitrogens is 2. The summed E-state index contributed by atoms with van der Waals surface area (Å²) in [7, 11) is 0. The lowest BCUT2D eigenvalue weighted by Crippen LogP contribution is -2.07. The first-order valence-corrected chi connectivity index (χ1v) is 9.10. The van der Waals surface area contributed by atoms with Crippen molar-refractivity contribution in [2.24, 2.45) is 0 Å². The summed E-state index contributed by atoms with van der Waals surface area (Å²) < 4.78 is 0.611. The normalized spacial score (nSPS) is 11.0.